The second-order valence-corrected chi connectivity index (χ2v) is 6.36. The van der Waals surface area contributed by atoms with Gasteiger partial charge >= 0.3 is 0 Å². The van der Waals surface area contributed by atoms with Crippen LogP contribution in [0.25, 0.3) is 0 Å². The lowest BCUT2D eigenvalue weighted by molar-refractivity contribution is -0.117. The van der Waals surface area contributed by atoms with E-state index in [0.29, 0.717) is 12.3 Å². The van der Waals surface area contributed by atoms with Gasteiger partial charge in [0.25, 0.3) is 0 Å². The molecule has 0 saturated heterocycles. The van der Waals surface area contributed by atoms with Gasteiger partial charge in [0.15, 0.2) is 0 Å². The van der Waals surface area contributed by atoms with Gasteiger partial charge in [-0.1, -0.05) is 65.7 Å². The molecule has 0 bridgehead atoms. The molecule has 2 rings (SSSR count). The molecule has 1 unspecified atom stereocenters. The number of amides is 1. The quantitative estimate of drug-likeness (QED) is 0.675. The van der Waals surface area contributed by atoms with E-state index in [2.05, 4.69) is 26.1 Å². The summed E-state index contributed by atoms with van der Waals surface area (Å²) in [6.07, 6.45) is 4.37. The van der Waals surface area contributed by atoms with Crippen molar-refractivity contribution in [2.45, 2.75) is 60.3 Å². The molecule has 1 aliphatic rings. The Hall–Kier alpha value is -0.880. The molecule has 1 fully saturated rings. The Balaban J connectivity index is 0.00000155. The highest BCUT2D eigenvalue weighted by molar-refractivity contribution is 6.92. The summed E-state index contributed by atoms with van der Waals surface area (Å²) in [6.45, 7) is 10.9. The first-order chi connectivity index (χ1) is 10.6. The molecule has 23 heavy (non-hydrogen) atoms. The van der Waals surface area contributed by atoms with Crippen LogP contribution in [0.5, 0.6) is 0 Å². The van der Waals surface area contributed by atoms with E-state index in [9.17, 15) is 4.79 Å². The van der Waals surface area contributed by atoms with Crippen LogP contribution in [-0.2, 0) is 4.79 Å². The van der Waals surface area contributed by atoms with Gasteiger partial charge in [-0.25, -0.2) is 0 Å². The van der Waals surface area contributed by atoms with E-state index >= 15 is 0 Å². The molecule has 1 saturated carbocycles. The zero-order chi connectivity index (χ0) is 16.5. The summed E-state index contributed by atoms with van der Waals surface area (Å²) < 4.78 is 0. The fourth-order valence-corrected chi connectivity index (χ4v) is 3.64. The summed E-state index contributed by atoms with van der Waals surface area (Å²) in [6, 6.07) is 9.76. The molecule has 0 heterocycles. The van der Waals surface area contributed by atoms with E-state index in [1.54, 1.807) is 0 Å². The van der Waals surface area contributed by atoms with Gasteiger partial charge < -0.3 is 5.32 Å². The minimum Gasteiger partial charge on any atom is -0.326 e. The first-order valence-corrected chi connectivity index (χ1v) is 8.96. The average molecular weight is 337 g/mol. The Bertz CT molecular complexity index is 435. The monoisotopic (exact) mass is 337 g/mol. The van der Waals surface area contributed by atoms with Gasteiger partial charge in [0.1, 0.15) is 0 Å². The lowest BCUT2D eigenvalue weighted by atomic mass is 9.79. The van der Waals surface area contributed by atoms with E-state index in [4.69, 9.17) is 0 Å². The fourth-order valence-electron chi connectivity index (χ4n) is 3.64. The Morgan fingerprint density at radius 1 is 1.17 bits per heavy atom. The summed E-state index contributed by atoms with van der Waals surface area (Å²) >= 11 is 0. The van der Waals surface area contributed by atoms with Crippen LogP contribution >= 0.6 is 9.90 Å². The van der Waals surface area contributed by atoms with Gasteiger partial charge in [-0.2, -0.15) is 9.90 Å². The predicted molar refractivity (Wildman–Crippen MR) is 107 cm³/mol. The molecular formula is C20H36NOP. The van der Waals surface area contributed by atoms with E-state index in [-0.39, 0.29) is 15.8 Å². The number of carbonyl (C=O) groups excluding carboxylic acids is 1. The summed E-state index contributed by atoms with van der Waals surface area (Å²) in [4.78, 5) is 12.2. The van der Waals surface area contributed by atoms with E-state index in [0.717, 1.165) is 29.9 Å². The summed E-state index contributed by atoms with van der Waals surface area (Å²) in [5, 5.41) is 3.02. The second-order valence-electron chi connectivity index (χ2n) is 6.36. The number of nitrogens with one attached hydrogen (secondary N) is 1. The smallest absolute Gasteiger partial charge is 0.224 e. The van der Waals surface area contributed by atoms with Crippen molar-refractivity contribution in [2.24, 2.45) is 23.7 Å². The molecule has 0 spiro atoms. The third-order valence-electron chi connectivity index (χ3n) is 5.16. The molecule has 1 amide bonds. The van der Waals surface area contributed by atoms with Gasteiger partial charge in [-0.15, -0.1) is 0 Å². The SMILES string of the molecule is CC.CC[C@@H](CC(=O)Nc1ccccc1)[C@H]1CC[C@@H](C)[C@H]1C.P. The standard InChI is InChI=1S/C18H27NO.C2H6.H3P/c1-4-15(17-11-10-13(2)14(17)3)12-18(20)19-16-8-6-5-7-9-16;1-2;/h5-9,13-15,17H,4,10-12H2,1-3H3,(H,19,20);1-2H3;1H3/t13-,14-,15+,17+;;/m1../s1. The van der Waals surface area contributed by atoms with Crippen LogP contribution in [0.2, 0.25) is 0 Å². The van der Waals surface area contributed by atoms with E-state index in [1.165, 1.54) is 12.8 Å². The number of benzene rings is 1. The third-order valence-corrected chi connectivity index (χ3v) is 5.16. The molecule has 3 heteroatoms. The molecule has 0 aromatic heterocycles. The number of rotatable bonds is 5. The molecule has 1 aromatic carbocycles. The third kappa shape index (κ3) is 6.63. The van der Waals surface area contributed by atoms with Crippen LogP contribution in [0.1, 0.15) is 60.3 Å². The van der Waals surface area contributed by atoms with Crippen molar-refractivity contribution in [1.29, 1.82) is 0 Å². The number of para-hydroxylation sites is 1. The lowest BCUT2D eigenvalue weighted by Crippen LogP contribution is -2.24. The van der Waals surface area contributed by atoms with Crippen LogP contribution in [0.15, 0.2) is 30.3 Å². The number of carbonyl (C=O) groups is 1. The molecule has 132 valence electrons. The van der Waals surface area contributed by atoms with Crippen molar-refractivity contribution < 1.29 is 4.79 Å². The molecule has 2 nitrogen and oxygen atoms in total. The van der Waals surface area contributed by atoms with Gasteiger partial charge in [-0.05, 0) is 42.2 Å². The lowest BCUT2D eigenvalue weighted by Gasteiger charge is -2.26. The van der Waals surface area contributed by atoms with Gasteiger partial charge in [0.05, 0.1) is 0 Å². The largest absolute Gasteiger partial charge is 0.326 e. The maximum atomic E-state index is 12.2. The van der Waals surface area contributed by atoms with Crippen LogP contribution in [0.3, 0.4) is 0 Å². The Morgan fingerprint density at radius 2 is 1.78 bits per heavy atom. The van der Waals surface area contributed by atoms with Crippen molar-refractivity contribution in [3.8, 4) is 0 Å². The molecule has 1 aromatic rings. The zero-order valence-corrected chi connectivity index (χ0v) is 17.1. The average Bonchev–Trinajstić information content (AvgIpc) is 2.87. The summed E-state index contributed by atoms with van der Waals surface area (Å²) in [5.74, 6) is 2.97. The van der Waals surface area contributed by atoms with E-state index in [1.807, 2.05) is 44.2 Å². The maximum absolute atomic E-state index is 12.2. The van der Waals surface area contributed by atoms with Crippen molar-refractivity contribution >= 4 is 21.5 Å². The van der Waals surface area contributed by atoms with E-state index < -0.39 is 0 Å². The normalized spacial score (nSPS) is 24.0. The predicted octanol–water partition coefficient (Wildman–Crippen LogP) is 5.81. The second kappa shape index (κ2) is 11.6. The minimum atomic E-state index is 0. The molecule has 1 N–H and O–H groups in total. The number of anilines is 1. The molecular weight excluding hydrogens is 301 g/mol. The van der Waals surface area contributed by atoms with Crippen LogP contribution in [0.4, 0.5) is 5.69 Å². The van der Waals surface area contributed by atoms with Crippen molar-refractivity contribution in [3.05, 3.63) is 30.3 Å². The number of hydrogen-bond donors (Lipinski definition) is 1. The highest BCUT2D eigenvalue weighted by Crippen LogP contribution is 2.42. The first kappa shape index (κ1) is 22.1. The van der Waals surface area contributed by atoms with Gasteiger partial charge in [0.2, 0.25) is 5.91 Å². The highest BCUT2D eigenvalue weighted by atomic mass is 31.0. The minimum absolute atomic E-state index is 0. The molecule has 0 aliphatic heterocycles. The molecule has 1 aliphatic carbocycles. The molecule has 5 atom stereocenters. The highest BCUT2D eigenvalue weighted by Gasteiger charge is 2.35. The topological polar surface area (TPSA) is 29.1 Å². The van der Waals surface area contributed by atoms with Crippen molar-refractivity contribution in [3.63, 3.8) is 0 Å². The Morgan fingerprint density at radius 3 is 2.26 bits per heavy atom. The summed E-state index contributed by atoms with van der Waals surface area (Å²) in [7, 11) is 0. The van der Waals surface area contributed by atoms with Crippen LogP contribution in [0, 0.1) is 23.7 Å². The fraction of sp³-hybridized carbons (Fsp3) is 0.650. The van der Waals surface area contributed by atoms with Crippen LogP contribution < -0.4 is 5.32 Å². The van der Waals surface area contributed by atoms with Gasteiger partial charge in [0, 0.05) is 12.1 Å². The van der Waals surface area contributed by atoms with Crippen molar-refractivity contribution in [1.82, 2.24) is 0 Å². The molecule has 0 radical (unpaired) electrons. The van der Waals surface area contributed by atoms with Crippen molar-refractivity contribution in [2.75, 3.05) is 5.32 Å². The summed E-state index contributed by atoms with van der Waals surface area (Å²) in [5.41, 5.74) is 0.903. The Labute approximate surface area is 146 Å². The maximum Gasteiger partial charge on any atom is 0.224 e. The van der Waals surface area contributed by atoms with Crippen LogP contribution in [-0.4, -0.2) is 5.91 Å². The Kier molecular flexibility index (Phi) is 11.2. The number of hydrogen-bond acceptors (Lipinski definition) is 1. The zero-order valence-electron chi connectivity index (χ0n) is 15.6. The van der Waals surface area contributed by atoms with Gasteiger partial charge in [-0.3, -0.25) is 4.79 Å². The first-order valence-electron chi connectivity index (χ1n) is 8.96.